The van der Waals surface area contributed by atoms with E-state index in [0.29, 0.717) is 0 Å². The zero-order valence-electron chi connectivity index (χ0n) is 8.44. The molecule has 1 N–H and O–H groups in total. The lowest BCUT2D eigenvalue weighted by molar-refractivity contribution is -0.140. The third kappa shape index (κ3) is 2.01. The quantitative estimate of drug-likeness (QED) is 0.723. The molecule has 1 aromatic carbocycles. The third-order valence-corrected chi connectivity index (χ3v) is 1.35. The van der Waals surface area contributed by atoms with Crippen LogP contribution in [0.2, 0.25) is 0 Å². The fraction of sp³-hybridized carbons (Fsp3) is 0.125. The molecule has 0 spiro atoms. The Morgan fingerprint density at radius 2 is 2.07 bits per heavy atom. The maximum atomic E-state index is 13.0. The fourth-order valence-corrected chi connectivity index (χ4v) is 0.742. The molecule has 0 aliphatic heterocycles. The molecule has 6 heteroatoms. The van der Waals surface area contributed by atoms with Crippen LogP contribution in [0.4, 0.5) is 17.6 Å². The van der Waals surface area contributed by atoms with Gasteiger partial charge < -0.3 is 5.11 Å². The van der Waals surface area contributed by atoms with Crippen LogP contribution in [-0.4, -0.2) is 11.1 Å². The van der Waals surface area contributed by atoms with E-state index in [1.165, 1.54) is 0 Å². The van der Waals surface area contributed by atoms with E-state index in [1.54, 1.807) is 0 Å². The average Bonchev–Trinajstić information content (AvgIpc) is 2.09. The normalized spacial score (nSPS) is 13.4. The molecule has 0 amide bonds. The van der Waals surface area contributed by atoms with Crippen LogP contribution in [0.3, 0.4) is 0 Å². The summed E-state index contributed by atoms with van der Waals surface area (Å²) >= 11 is 0. The standard InChI is InChI=1S/C8H4F4O2/c9-6-3-4(7(13)14)1-2-5(6)8(10,11)12/h1-3H,(H,13,14)/i1D,3D. The van der Waals surface area contributed by atoms with Gasteiger partial charge in [0.1, 0.15) is 5.82 Å². The topological polar surface area (TPSA) is 37.3 Å². The van der Waals surface area contributed by atoms with E-state index in [4.69, 9.17) is 7.85 Å². The Hall–Kier alpha value is -1.59. The van der Waals surface area contributed by atoms with Crippen molar-refractivity contribution in [2.45, 2.75) is 6.18 Å². The Labute approximate surface area is 78.6 Å². The molecule has 14 heavy (non-hydrogen) atoms. The Bertz CT molecular complexity index is 456. The van der Waals surface area contributed by atoms with Crippen molar-refractivity contribution < 1.29 is 30.2 Å². The van der Waals surface area contributed by atoms with Crippen LogP contribution in [0.5, 0.6) is 0 Å². The number of hydrogen-bond acceptors (Lipinski definition) is 1. The lowest BCUT2D eigenvalue weighted by Gasteiger charge is -2.07. The molecule has 1 rings (SSSR count). The summed E-state index contributed by atoms with van der Waals surface area (Å²) in [6, 6.07) is -2.44. The molecule has 0 unspecified atom stereocenters. The molecule has 0 saturated heterocycles. The molecule has 76 valence electrons. The number of halogens is 4. The van der Waals surface area contributed by atoms with Crippen molar-refractivity contribution in [2.24, 2.45) is 0 Å². The minimum absolute atomic E-state index is 0.0524. The number of carbonyl (C=O) groups is 1. The zero-order chi connectivity index (χ0) is 12.7. The van der Waals surface area contributed by atoms with E-state index in [9.17, 15) is 22.4 Å². The van der Waals surface area contributed by atoms with E-state index < -0.39 is 41.2 Å². The summed E-state index contributed by atoms with van der Waals surface area (Å²) in [6.07, 6.45) is -5.06. The van der Waals surface area contributed by atoms with Crippen LogP contribution in [-0.2, 0) is 6.18 Å². The predicted molar refractivity (Wildman–Crippen MR) is 38.4 cm³/mol. The summed E-state index contributed by atoms with van der Waals surface area (Å²) in [5.41, 5.74) is -2.90. The molecule has 0 radical (unpaired) electrons. The molecule has 0 aliphatic carbocycles. The highest BCUT2D eigenvalue weighted by Gasteiger charge is 2.34. The molecule has 0 saturated carbocycles. The molecule has 0 fully saturated rings. The van der Waals surface area contributed by atoms with Crippen molar-refractivity contribution in [3.05, 3.63) is 35.1 Å². The Morgan fingerprint density at radius 3 is 2.50 bits per heavy atom. The minimum atomic E-state index is -5.06. The molecule has 0 aliphatic rings. The van der Waals surface area contributed by atoms with Crippen LogP contribution in [0.1, 0.15) is 18.7 Å². The second kappa shape index (κ2) is 3.28. The number of hydrogen-bond donors (Lipinski definition) is 1. The first-order valence-corrected chi connectivity index (χ1v) is 3.26. The van der Waals surface area contributed by atoms with Gasteiger partial charge in [0.2, 0.25) is 0 Å². The average molecular weight is 210 g/mol. The van der Waals surface area contributed by atoms with Crippen molar-refractivity contribution in [2.75, 3.05) is 0 Å². The third-order valence-electron chi connectivity index (χ3n) is 1.35. The van der Waals surface area contributed by atoms with Crippen LogP contribution in [0.15, 0.2) is 18.2 Å². The summed E-state index contributed by atoms with van der Waals surface area (Å²) in [4.78, 5) is 10.5. The van der Waals surface area contributed by atoms with Crippen molar-refractivity contribution in [3.63, 3.8) is 0 Å². The molecule has 1 aromatic rings. The first-order valence-electron chi connectivity index (χ1n) is 4.26. The summed E-state index contributed by atoms with van der Waals surface area (Å²) in [6.45, 7) is 0. The zero-order valence-corrected chi connectivity index (χ0v) is 6.44. The van der Waals surface area contributed by atoms with Gasteiger partial charge in [0.15, 0.2) is 0 Å². The number of rotatable bonds is 1. The van der Waals surface area contributed by atoms with Gasteiger partial charge in [0.25, 0.3) is 0 Å². The smallest absolute Gasteiger partial charge is 0.419 e. The highest BCUT2D eigenvalue weighted by atomic mass is 19.4. The molecule has 2 nitrogen and oxygen atoms in total. The number of carboxylic acids is 1. The molecular formula is C8H4F4O2. The maximum absolute atomic E-state index is 13.0. The van der Waals surface area contributed by atoms with Crippen LogP contribution < -0.4 is 0 Å². The van der Waals surface area contributed by atoms with Gasteiger partial charge in [0, 0.05) is 0 Å². The predicted octanol–water partition coefficient (Wildman–Crippen LogP) is 2.54. The molecule has 0 heterocycles. The van der Waals surface area contributed by atoms with E-state index in [2.05, 4.69) is 0 Å². The first-order chi connectivity index (χ1) is 7.16. The van der Waals surface area contributed by atoms with Crippen molar-refractivity contribution >= 4 is 5.97 Å². The van der Waals surface area contributed by atoms with Gasteiger partial charge in [-0.2, -0.15) is 13.2 Å². The number of carboxylic acid groups (broad SMARTS) is 1. The van der Waals surface area contributed by atoms with Gasteiger partial charge in [-0.1, -0.05) is 0 Å². The largest absolute Gasteiger partial charge is 0.478 e. The minimum Gasteiger partial charge on any atom is -0.478 e. The van der Waals surface area contributed by atoms with Crippen LogP contribution in [0, 0.1) is 5.82 Å². The van der Waals surface area contributed by atoms with Gasteiger partial charge in [-0.25, -0.2) is 9.18 Å². The maximum Gasteiger partial charge on any atom is 0.419 e. The van der Waals surface area contributed by atoms with Gasteiger partial charge in [-0.15, -0.1) is 0 Å². The fourth-order valence-electron chi connectivity index (χ4n) is 0.742. The number of aromatic carboxylic acids is 1. The summed E-state index contributed by atoms with van der Waals surface area (Å²) < 4.78 is 63.5. The summed E-state index contributed by atoms with van der Waals surface area (Å²) in [5.74, 6) is -3.80. The highest BCUT2D eigenvalue weighted by molar-refractivity contribution is 5.87. The highest BCUT2D eigenvalue weighted by Crippen LogP contribution is 2.31. The van der Waals surface area contributed by atoms with Crippen molar-refractivity contribution in [3.8, 4) is 0 Å². The SMILES string of the molecule is [2H]c1cc(C(F)(F)F)c(F)c([2H])c1C(=O)O. The Balaban J connectivity index is 3.58. The molecule has 0 bridgehead atoms. The second-order valence-electron chi connectivity index (χ2n) is 2.32. The van der Waals surface area contributed by atoms with Crippen LogP contribution >= 0.6 is 0 Å². The van der Waals surface area contributed by atoms with Gasteiger partial charge in [-0.3, -0.25) is 0 Å². The molecule has 0 atom stereocenters. The lowest BCUT2D eigenvalue weighted by Crippen LogP contribution is -2.09. The summed E-state index contributed by atoms with van der Waals surface area (Å²) in [7, 11) is 0. The van der Waals surface area contributed by atoms with Crippen molar-refractivity contribution in [1.29, 1.82) is 0 Å². The first kappa shape index (κ1) is 7.78. The van der Waals surface area contributed by atoms with E-state index in [0.717, 1.165) is 0 Å². The van der Waals surface area contributed by atoms with Crippen LogP contribution in [0.25, 0.3) is 0 Å². The van der Waals surface area contributed by atoms with E-state index >= 15 is 0 Å². The van der Waals surface area contributed by atoms with Gasteiger partial charge in [-0.05, 0) is 18.2 Å². The summed E-state index contributed by atoms with van der Waals surface area (Å²) in [5, 5.41) is 8.48. The monoisotopic (exact) mass is 210 g/mol. The van der Waals surface area contributed by atoms with Gasteiger partial charge >= 0.3 is 12.1 Å². The number of alkyl halides is 3. The molecular weight excluding hydrogens is 204 g/mol. The van der Waals surface area contributed by atoms with Crippen molar-refractivity contribution in [1.82, 2.24) is 0 Å². The van der Waals surface area contributed by atoms with Gasteiger partial charge in [0.05, 0.1) is 13.9 Å². The van der Waals surface area contributed by atoms with E-state index in [-0.39, 0.29) is 6.07 Å². The Morgan fingerprint density at radius 1 is 1.50 bits per heavy atom. The van der Waals surface area contributed by atoms with E-state index in [1.807, 2.05) is 0 Å². The number of benzene rings is 1. The lowest BCUT2D eigenvalue weighted by atomic mass is 10.1. The Kier molecular flexibility index (Phi) is 1.82. The second-order valence-corrected chi connectivity index (χ2v) is 2.32. The molecule has 0 aromatic heterocycles.